The number of halogens is 2. The number of likely N-dealkylation sites (N-methyl/N-ethyl adjacent to an activating group) is 1. The van der Waals surface area contributed by atoms with Gasteiger partial charge < -0.3 is 68.4 Å². The average molecular weight is 549 g/mol. The Morgan fingerprint density at radius 1 is 1.50 bits per heavy atom. The second-order valence-corrected chi connectivity index (χ2v) is 2.96. The Hall–Kier alpha value is 1.28. The zero-order valence-electron chi connectivity index (χ0n) is 7.55. The van der Waals surface area contributed by atoms with Gasteiger partial charge in [0.15, 0.2) is 0 Å². The molecule has 0 aliphatic carbocycles. The Morgan fingerprint density at radius 3 is 2.21 bits per heavy atom. The van der Waals surface area contributed by atoms with Gasteiger partial charge in [0.1, 0.15) is 6.54 Å². The summed E-state index contributed by atoms with van der Waals surface area (Å²) in [6.07, 6.45) is 0. The van der Waals surface area contributed by atoms with E-state index in [0.717, 1.165) is 0 Å². The molecule has 0 radical (unpaired) electrons. The Bertz CT molecular complexity index is 174. The molecule has 0 spiro atoms. The molecule has 0 N–H and O–H groups in total. The zero-order chi connectivity index (χ0) is 8.85. The van der Waals surface area contributed by atoms with E-state index in [1.165, 1.54) is 4.90 Å². The summed E-state index contributed by atoms with van der Waals surface area (Å²) in [5.41, 5.74) is 0. The minimum Gasteiger partial charge on any atom is -1.00 e. The van der Waals surface area contributed by atoms with Crippen molar-refractivity contribution in [2.75, 3.05) is 20.2 Å². The molecule has 0 amide bonds. The standard InChI is InChI=1S/C6H11NO2S2.Au.2BrH/c1-3-9-5(8)4-7(2)6(10)11;;;/h3-4H2,1-2H3,(H,10,11);;2*1H/q;+3;;/p-3. The number of hydrogen-bond acceptors (Lipinski definition) is 4. The first kappa shape index (κ1) is 24.5. The quantitative estimate of drug-likeness (QED) is 0.152. The molecule has 0 rings (SSSR count). The Balaban J connectivity index is -0.000000167. The molecule has 0 bridgehead atoms. The maximum atomic E-state index is 10.8. The largest absolute Gasteiger partial charge is 3.00 e. The third-order valence-electron chi connectivity index (χ3n) is 0.983. The number of esters is 1. The van der Waals surface area contributed by atoms with Crippen LogP contribution in [0.1, 0.15) is 6.92 Å². The van der Waals surface area contributed by atoms with Crippen LogP contribution >= 0.6 is 12.2 Å². The SMILES string of the molecule is CCOC(=O)CN(C)C(=S)[S-].[Au+3].[Br-].[Br-]. The van der Waals surface area contributed by atoms with Crippen molar-refractivity contribution in [3.8, 4) is 0 Å². The minimum atomic E-state index is -0.304. The second kappa shape index (κ2) is 14.3. The van der Waals surface area contributed by atoms with Crippen LogP contribution in [-0.2, 0) is 44.5 Å². The van der Waals surface area contributed by atoms with Crippen molar-refractivity contribution in [1.82, 2.24) is 4.90 Å². The molecule has 0 aliphatic rings. The zero-order valence-corrected chi connectivity index (χ0v) is 14.5. The molecule has 0 fully saturated rings. The van der Waals surface area contributed by atoms with Gasteiger partial charge >= 0.3 is 28.3 Å². The molecular formula is C6H10AuBr2NO2S2. The Labute approximate surface area is 132 Å². The van der Waals surface area contributed by atoms with E-state index in [9.17, 15) is 4.79 Å². The molecule has 8 heteroatoms. The summed E-state index contributed by atoms with van der Waals surface area (Å²) in [5.74, 6) is -0.304. The summed E-state index contributed by atoms with van der Waals surface area (Å²) < 4.78 is 4.95. The van der Waals surface area contributed by atoms with Gasteiger partial charge in [-0.2, -0.15) is 0 Å². The third kappa shape index (κ3) is 13.3. The predicted octanol–water partition coefficient (Wildman–Crippen LogP) is -5.68. The molecule has 88 valence electrons. The summed E-state index contributed by atoms with van der Waals surface area (Å²) >= 11 is 9.31. The third-order valence-corrected chi connectivity index (χ3v) is 1.61. The maximum Gasteiger partial charge on any atom is 3.00 e. The van der Waals surface area contributed by atoms with Gasteiger partial charge in [0.05, 0.1) is 6.61 Å². The van der Waals surface area contributed by atoms with Crippen LogP contribution < -0.4 is 34.0 Å². The molecule has 0 saturated carbocycles. The van der Waals surface area contributed by atoms with Gasteiger partial charge in [0.25, 0.3) is 0 Å². The van der Waals surface area contributed by atoms with E-state index in [-0.39, 0.29) is 73.2 Å². The number of rotatable bonds is 3. The van der Waals surface area contributed by atoms with Crippen LogP contribution in [0.2, 0.25) is 0 Å². The van der Waals surface area contributed by atoms with Crippen molar-refractivity contribution >= 4 is 35.1 Å². The van der Waals surface area contributed by atoms with E-state index in [1.54, 1.807) is 14.0 Å². The van der Waals surface area contributed by atoms with Crippen LogP contribution in [0, 0.1) is 0 Å². The number of hydrogen-bond donors (Lipinski definition) is 0. The fourth-order valence-corrected chi connectivity index (χ4v) is 0.594. The normalized spacial score (nSPS) is 7.00. The van der Waals surface area contributed by atoms with Gasteiger partial charge in [-0.05, 0) is 6.92 Å². The summed E-state index contributed by atoms with van der Waals surface area (Å²) in [7, 11) is 1.66. The van der Waals surface area contributed by atoms with Crippen molar-refractivity contribution in [2.45, 2.75) is 6.92 Å². The molecule has 0 aromatic carbocycles. The first-order valence-corrected chi connectivity index (χ1v) is 3.97. The molecule has 0 aromatic rings. The van der Waals surface area contributed by atoms with Gasteiger partial charge in [0.2, 0.25) is 0 Å². The topological polar surface area (TPSA) is 29.5 Å². The van der Waals surface area contributed by atoms with Crippen LogP contribution in [0.4, 0.5) is 0 Å². The van der Waals surface area contributed by atoms with E-state index in [2.05, 4.69) is 29.6 Å². The monoisotopic (exact) mass is 547 g/mol. The van der Waals surface area contributed by atoms with Crippen LogP contribution in [0.5, 0.6) is 0 Å². The number of nitrogens with zero attached hydrogens (tertiary/aromatic N) is 1. The van der Waals surface area contributed by atoms with Gasteiger partial charge in [-0.3, -0.25) is 4.79 Å². The molecule has 3 nitrogen and oxygen atoms in total. The number of carbonyl (C=O) groups is 1. The summed E-state index contributed by atoms with van der Waals surface area (Å²) in [6, 6.07) is 0. The second-order valence-electron chi connectivity index (χ2n) is 1.93. The van der Waals surface area contributed by atoms with Crippen LogP contribution in [0.15, 0.2) is 0 Å². The van der Waals surface area contributed by atoms with E-state index in [1.807, 2.05) is 0 Å². The van der Waals surface area contributed by atoms with Gasteiger partial charge in [-0.25, -0.2) is 0 Å². The molecule has 0 unspecified atom stereocenters. The predicted molar refractivity (Wildman–Crippen MR) is 49.2 cm³/mol. The van der Waals surface area contributed by atoms with E-state index < -0.39 is 0 Å². The molecule has 0 heterocycles. The molecule has 14 heavy (non-hydrogen) atoms. The van der Waals surface area contributed by atoms with Crippen molar-refractivity contribution in [3.63, 3.8) is 0 Å². The molecule has 0 atom stereocenters. The van der Waals surface area contributed by atoms with E-state index >= 15 is 0 Å². The molecule has 0 aromatic heterocycles. The Kier molecular flexibility index (Phi) is 25.0. The van der Waals surface area contributed by atoms with Crippen molar-refractivity contribution < 1.29 is 65.9 Å². The van der Waals surface area contributed by atoms with Crippen molar-refractivity contribution in [2.24, 2.45) is 0 Å². The van der Waals surface area contributed by atoms with Crippen LogP contribution in [-0.4, -0.2) is 35.4 Å². The average Bonchev–Trinajstić information content (AvgIpc) is 1.87. The number of carbonyl (C=O) groups excluding carboxylic acids is 1. The Morgan fingerprint density at radius 2 is 1.93 bits per heavy atom. The summed E-state index contributed by atoms with van der Waals surface area (Å²) in [5, 5.41) is 0. The van der Waals surface area contributed by atoms with Crippen molar-refractivity contribution in [3.05, 3.63) is 0 Å². The van der Waals surface area contributed by atoms with Gasteiger partial charge in [0, 0.05) is 7.05 Å². The molecule has 0 aliphatic heterocycles. The number of ether oxygens (including phenoxy) is 1. The van der Waals surface area contributed by atoms with Crippen molar-refractivity contribution in [1.29, 1.82) is 0 Å². The van der Waals surface area contributed by atoms with Gasteiger partial charge in [-0.1, -0.05) is 4.32 Å². The molecular weight excluding hydrogens is 539 g/mol. The fraction of sp³-hybridized carbons (Fsp3) is 0.667. The molecule has 0 saturated heterocycles. The summed E-state index contributed by atoms with van der Waals surface area (Å²) in [4.78, 5) is 12.3. The first-order valence-electron chi connectivity index (χ1n) is 3.15. The van der Waals surface area contributed by atoms with Crippen LogP contribution in [0.3, 0.4) is 0 Å². The smallest absolute Gasteiger partial charge is 1.00 e. The fourth-order valence-electron chi connectivity index (χ4n) is 0.465. The maximum absolute atomic E-state index is 10.8. The number of thiocarbonyl (C=S) groups is 1. The van der Waals surface area contributed by atoms with Gasteiger partial charge in [-0.15, -0.1) is 0 Å². The summed E-state index contributed by atoms with van der Waals surface area (Å²) in [6.45, 7) is 2.27. The van der Waals surface area contributed by atoms with E-state index in [0.29, 0.717) is 6.61 Å². The van der Waals surface area contributed by atoms with E-state index in [4.69, 9.17) is 0 Å². The first-order chi connectivity index (χ1) is 5.07. The minimum absolute atomic E-state index is 0. The van der Waals surface area contributed by atoms with Crippen LogP contribution in [0.25, 0.3) is 0 Å².